The topological polar surface area (TPSA) is 12.5 Å². The fourth-order valence-corrected chi connectivity index (χ4v) is 3.33. The first-order chi connectivity index (χ1) is 7.42. The number of piperidine rings is 1. The predicted octanol–water partition coefficient (Wildman–Crippen LogP) is 2.68. The summed E-state index contributed by atoms with van der Waals surface area (Å²) in [5.74, 6) is 1.01. The molecule has 0 spiro atoms. The quantitative estimate of drug-likeness (QED) is 0.663. The molecule has 2 nitrogen and oxygen atoms in total. The van der Waals surface area contributed by atoms with E-state index < -0.39 is 0 Å². The molecule has 0 radical (unpaired) electrons. The third-order valence-electron chi connectivity index (χ3n) is 4.09. The van der Waals surface area contributed by atoms with Crippen molar-refractivity contribution in [3.05, 3.63) is 0 Å². The highest BCUT2D eigenvalue weighted by Crippen LogP contribution is 2.34. The molecule has 0 aromatic heterocycles. The van der Waals surface area contributed by atoms with E-state index in [4.69, 9.17) is 4.74 Å². The van der Waals surface area contributed by atoms with Crippen molar-refractivity contribution < 1.29 is 4.74 Å². The number of likely N-dealkylation sites (tertiary alicyclic amines) is 1. The molecule has 2 aliphatic rings. The molecule has 88 valence electrons. The Labute approximate surface area is 94.0 Å². The van der Waals surface area contributed by atoms with E-state index in [0.717, 1.165) is 31.7 Å². The molecule has 0 bridgehead atoms. The Hall–Kier alpha value is -0.0800. The molecule has 1 aliphatic heterocycles. The summed E-state index contributed by atoms with van der Waals surface area (Å²) >= 11 is 0. The average Bonchev–Trinajstić information content (AvgIpc) is 2.30. The maximum atomic E-state index is 5.47. The van der Waals surface area contributed by atoms with Gasteiger partial charge >= 0.3 is 0 Å². The van der Waals surface area contributed by atoms with E-state index in [-0.39, 0.29) is 0 Å². The van der Waals surface area contributed by atoms with Crippen LogP contribution in [0.5, 0.6) is 0 Å². The van der Waals surface area contributed by atoms with Crippen molar-refractivity contribution >= 4 is 0 Å². The third-order valence-corrected chi connectivity index (χ3v) is 4.09. The Morgan fingerprint density at radius 2 is 1.93 bits per heavy atom. The van der Waals surface area contributed by atoms with Crippen LogP contribution < -0.4 is 0 Å². The van der Waals surface area contributed by atoms with Gasteiger partial charge in [-0.2, -0.15) is 0 Å². The van der Waals surface area contributed by atoms with Crippen LogP contribution in [-0.2, 0) is 4.74 Å². The number of ether oxygens (including phenoxy) is 1. The van der Waals surface area contributed by atoms with Gasteiger partial charge in [-0.15, -0.1) is 0 Å². The fourth-order valence-electron chi connectivity index (χ4n) is 3.33. The molecule has 0 amide bonds. The van der Waals surface area contributed by atoms with Crippen LogP contribution in [0, 0.1) is 5.92 Å². The van der Waals surface area contributed by atoms with Crippen LogP contribution in [0.25, 0.3) is 0 Å². The highest BCUT2D eigenvalue weighted by Gasteiger charge is 2.32. The molecular weight excluding hydrogens is 186 g/mol. The van der Waals surface area contributed by atoms with Crippen LogP contribution in [0.2, 0.25) is 0 Å². The normalized spacial score (nSPS) is 32.6. The van der Waals surface area contributed by atoms with Gasteiger partial charge in [0.05, 0.1) is 6.61 Å². The van der Waals surface area contributed by atoms with Gasteiger partial charge in [-0.1, -0.05) is 12.8 Å². The summed E-state index contributed by atoms with van der Waals surface area (Å²) in [6.45, 7) is 6.35. The number of nitrogens with zero attached hydrogens (tertiary/aromatic N) is 1. The summed E-state index contributed by atoms with van der Waals surface area (Å²) in [6, 6.07) is 0.896. The lowest BCUT2D eigenvalue weighted by atomic mass is 9.78. The third kappa shape index (κ3) is 2.94. The van der Waals surface area contributed by atoms with E-state index in [1.807, 2.05) is 0 Å². The summed E-state index contributed by atoms with van der Waals surface area (Å²) in [5.41, 5.74) is 0. The fraction of sp³-hybridized carbons (Fsp3) is 1.00. The first kappa shape index (κ1) is 11.4. The van der Waals surface area contributed by atoms with Gasteiger partial charge in [0.2, 0.25) is 0 Å². The number of hydrogen-bond acceptors (Lipinski definition) is 2. The van der Waals surface area contributed by atoms with E-state index >= 15 is 0 Å². The first-order valence-electron chi connectivity index (χ1n) is 6.73. The summed E-state index contributed by atoms with van der Waals surface area (Å²) < 4.78 is 5.47. The zero-order chi connectivity index (χ0) is 10.5. The molecule has 1 saturated heterocycles. The molecule has 0 N–H and O–H groups in total. The minimum Gasteiger partial charge on any atom is -0.380 e. The summed E-state index contributed by atoms with van der Waals surface area (Å²) in [7, 11) is 0. The zero-order valence-electron chi connectivity index (χ0n) is 10.1. The smallest absolute Gasteiger partial charge is 0.0593 e. The van der Waals surface area contributed by atoms with Gasteiger partial charge < -0.3 is 4.74 Å². The summed E-state index contributed by atoms with van der Waals surface area (Å²) in [4.78, 5) is 2.70. The molecule has 2 atom stereocenters. The lowest BCUT2D eigenvalue weighted by Gasteiger charge is -2.44. The SMILES string of the molecule is CCOCCN1CCCC2CCCCC21. The minimum atomic E-state index is 0.863. The van der Waals surface area contributed by atoms with Gasteiger partial charge in [-0.25, -0.2) is 0 Å². The Morgan fingerprint density at radius 1 is 1.13 bits per heavy atom. The van der Waals surface area contributed by atoms with Crippen molar-refractivity contribution in [2.24, 2.45) is 5.92 Å². The van der Waals surface area contributed by atoms with Crippen molar-refractivity contribution in [2.45, 2.75) is 51.5 Å². The second kappa shape index (κ2) is 5.86. The van der Waals surface area contributed by atoms with Crippen LogP contribution >= 0.6 is 0 Å². The van der Waals surface area contributed by atoms with E-state index in [9.17, 15) is 0 Å². The maximum absolute atomic E-state index is 5.47. The van der Waals surface area contributed by atoms with E-state index in [0.29, 0.717) is 0 Å². The number of hydrogen-bond donors (Lipinski definition) is 0. The molecular formula is C13H25NO. The molecule has 15 heavy (non-hydrogen) atoms. The minimum absolute atomic E-state index is 0.863. The van der Waals surface area contributed by atoms with Crippen molar-refractivity contribution in [3.63, 3.8) is 0 Å². The Kier molecular flexibility index (Phi) is 4.45. The van der Waals surface area contributed by atoms with Crippen molar-refractivity contribution in [3.8, 4) is 0 Å². The van der Waals surface area contributed by atoms with Gasteiger partial charge in [0.25, 0.3) is 0 Å². The van der Waals surface area contributed by atoms with Gasteiger partial charge in [-0.05, 0) is 45.1 Å². The molecule has 1 saturated carbocycles. The van der Waals surface area contributed by atoms with Crippen LogP contribution in [0.1, 0.15) is 45.4 Å². The van der Waals surface area contributed by atoms with Crippen molar-refractivity contribution in [2.75, 3.05) is 26.3 Å². The van der Waals surface area contributed by atoms with Crippen LogP contribution in [0.3, 0.4) is 0 Å². The molecule has 2 unspecified atom stereocenters. The number of fused-ring (bicyclic) bond motifs is 1. The molecule has 2 heteroatoms. The lowest BCUT2D eigenvalue weighted by molar-refractivity contribution is 0.0315. The van der Waals surface area contributed by atoms with E-state index in [1.54, 1.807) is 0 Å². The molecule has 1 heterocycles. The zero-order valence-corrected chi connectivity index (χ0v) is 10.1. The van der Waals surface area contributed by atoms with Crippen LogP contribution in [0.15, 0.2) is 0 Å². The van der Waals surface area contributed by atoms with Crippen LogP contribution in [-0.4, -0.2) is 37.2 Å². The molecule has 1 aliphatic carbocycles. The molecule has 0 aromatic carbocycles. The average molecular weight is 211 g/mol. The second-order valence-electron chi connectivity index (χ2n) is 4.99. The summed E-state index contributed by atoms with van der Waals surface area (Å²) in [5, 5.41) is 0. The predicted molar refractivity (Wildman–Crippen MR) is 63.0 cm³/mol. The number of rotatable bonds is 4. The second-order valence-corrected chi connectivity index (χ2v) is 4.99. The largest absolute Gasteiger partial charge is 0.380 e. The molecule has 2 fully saturated rings. The Balaban J connectivity index is 1.81. The van der Waals surface area contributed by atoms with Gasteiger partial charge in [0, 0.05) is 19.2 Å². The van der Waals surface area contributed by atoms with Gasteiger partial charge in [0.15, 0.2) is 0 Å². The molecule has 2 rings (SSSR count). The van der Waals surface area contributed by atoms with Crippen molar-refractivity contribution in [1.29, 1.82) is 0 Å². The van der Waals surface area contributed by atoms with Crippen molar-refractivity contribution in [1.82, 2.24) is 4.90 Å². The Bertz CT molecular complexity index is 181. The first-order valence-corrected chi connectivity index (χ1v) is 6.73. The van der Waals surface area contributed by atoms with Gasteiger partial charge in [0.1, 0.15) is 0 Å². The Morgan fingerprint density at radius 3 is 2.80 bits per heavy atom. The highest BCUT2D eigenvalue weighted by atomic mass is 16.5. The molecule has 0 aromatic rings. The lowest BCUT2D eigenvalue weighted by Crippen LogP contribution is -2.47. The van der Waals surface area contributed by atoms with Gasteiger partial charge in [-0.3, -0.25) is 4.90 Å². The standard InChI is InChI=1S/C13H25NO/c1-2-15-11-10-14-9-5-7-12-6-3-4-8-13(12)14/h12-13H,2-11H2,1H3. The van der Waals surface area contributed by atoms with E-state index in [2.05, 4.69) is 11.8 Å². The monoisotopic (exact) mass is 211 g/mol. The van der Waals surface area contributed by atoms with E-state index in [1.165, 1.54) is 45.1 Å². The summed E-state index contributed by atoms with van der Waals surface area (Å²) in [6.07, 6.45) is 8.74. The van der Waals surface area contributed by atoms with Crippen LogP contribution in [0.4, 0.5) is 0 Å². The maximum Gasteiger partial charge on any atom is 0.0593 e. The highest BCUT2D eigenvalue weighted by molar-refractivity contribution is 4.87.